The first-order valence-electron chi connectivity index (χ1n) is 7.81. The maximum atomic E-state index is 11.9. The maximum absolute atomic E-state index is 11.9. The fourth-order valence-corrected chi connectivity index (χ4v) is 2.50. The predicted molar refractivity (Wildman–Crippen MR) is 82.4 cm³/mol. The van der Waals surface area contributed by atoms with Crippen LogP contribution in [-0.2, 0) is 9.59 Å². The molecule has 0 atom stereocenters. The van der Waals surface area contributed by atoms with Gasteiger partial charge in [-0.05, 0) is 46.5 Å². The highest BCUT2D eigenvalue weighted by Gasteiger charge is 2.29. The highest BCUT2D eigenvalue weighted by atomic mass is 16.4. The van der Waals surface area contributed by atoms with Gasteiger partial charge >= 0.3 is 12.0 Å². The normalized spacial score (nSPS) is 21.8. The zero-order chi connectivity index (χ0) is 16.8. The number of rotatable bonds is 6. The molecule has 0 unspecified atom stereocenters. The minimum Gasteiger partial charge on any atom is -0.481 e. The summed E-state index contributed by atoms with van der Waals surface area (Å²) in [6, 6.07) is -0.306. The Balaban J connectivity index is 2.32. The van der Waals surface area contributed by atoms with Gasteiger partial charge in [0.1, 0.15) is 0 Å². The molecule has 0 heterocycles. The van der Waals surface area contributed by atoms with Crippen molar-refractivity contribution in [2.45, 2.75) is 52.5 Å². The summed E-state index contributed by atoms with van der Waals surface area (Å²) in [5.41, 5.74) is -0.672. The van der Waals surface area contributed by atoms with Crippen LogP contribution in [0.4, 0.5) is 4.79 Å². The van der Waals surface area contributed by atoms with Crippen molar-refractivity contribution in [1.82, 2.24) is 16.0 Å². The van der Waals surface area contributed by atoms with Crippen molar-refractivity contribution in [2.75, 3.05) is 13.1 Å². The third-order valence-corrected chi connectivity index (χ3v) is 4.05. The lowest BCUT2D eigenvalue weighted by molar-refractivity contribution is -0.142. The van der Waals surface area contributed by atoms with Crippen molar-refractivity contribution in [3.63, 3.8) is 0 Å². The zero-order valence-electron chi connectivity index (χ0n) is 13.6. The molecule has 1 aliphatic carbocycles. The van der Waals surface area contributed by atoms with Crippen molar-refractivity contribution in [1.29, 1.82) is 0 Å². The standard InChI is InChI=1S/C15H27N3O4/c1-4-16-13(21)15(2,3)9-17-14(22)18-11-7-5-10(6-8-11)12(19)20/h10-11H,4-9H2,1-3H3,(H,16,21)(H,19,20)(H2,17,18,22). The van der Waals surface area contributed by atoms with E-state index in [0.29, 0.717) is 32.2 Å². The Bertz CT molecular complexity index is 415. The van der Waals surface area contributed by atoms with Gasteiger partial charge in [0.2, 0.25) is 5.91 Å². The molecule has 4 N–H and O–H groups in total. The largest absolute Gasteiger partial charge is 0.481 e. The minimum atomic E-state index is -0.758. The molecule has 126 valence electrons. The Morgan fingerprint density at radius 3 is 2.18 bits per heavy atom. The number of urea groups is 1. The zero-order valence-corrected chi connectivity index (χ0v) is 13.6. The molecule has 0 radical (unpaired) electrons. The third-order valence-electron chi connectivity index (χ3n) is 4.05. The van der Waals surface area contributed by atoms with Gasteiger partial charge in [0.25, 0.3) is 0 Å². The van der Waals surface area contributed by atoms with Gasteiger partial charge in [-0.3, -0.25) is 9.59 Å². The number of carbonyl (C=O) groups is 3. The number of carboxylic acid groups (broad SMARTS) is 1. The first-order valence-corrected chi connectivity index (χ1v) is 7.81. The Labute approximate surface area is 131 Å². The van der Waals surface area contributed by atoms with Crippen LogP contribution in [0.3, 0.4) is 0 Å². The summed E-state index contributed by atoms with van der Waals surface area (Å²) in [6.07, 6.45) is 2.52. The highest BCUT2D eigenvalue weighted by Crippen LogP contribution is 2.24. The van der Waals surface area contributed by atoms with Gasteiger partial charge in [-0.1, -0.05) is 0 Å². The monoisotopic (exact) mass is 313 g/mol. The molecule has 7 nitrogen and oxygen atoms in total. The summed E-state index contributed by atoms with van der Waals surface area (Å²) in [5, 5.41) is 17.2. The number of carboxylic acids is 1. The van der Waals surface area contributed by atoms with Crippen LogP contribution in [-0.4, -0.2) is 42.1 Å². The van der Waals surface area contributed by atoms with Gasteiger partial charge in [0.15, 0.2) is 0 Å². The molecule has 0 aromatic carbocycles. The summed E-state index contributed by atoms with van der Waals surface area (Å²) < 4.78 is 0. The Morgan fingerprint density at radius 1 is 1.09 bits per heavy atom. The number of aliphatic carboxylic acids is 1. The van der Waals surface area contributed by atoms with Gasteiger partial charge in [-0.15, -0.1) is 0 Å². The molecule has 1 aliphatic rings. The molecule has 0 spiro atoms. The van der Waals surface area contributed by atoms with Crippen LogP contribution in [0.5, 0.6) is 0 Å². The summed E-state index contributed by atoms with van der Waals surface area (Å²) in [7, 11) is 0. The van der Waals surface area contributed by atoms with E-state index in [1.807, 2.05) is 6.92 Å². The van der Waals surface area contributed by atoms with Crippen LogP contribution < -0.4 is 16.0 Å². The van der Waals surface area contributed by atoms with Gasteiger partial charge < -0.3 is 21.1 Å². The predicted octanol–water partition coefficient (Wildman–Crippen LogP) is 1.09. The summed E-state index contributed by atoms with van der Waals surface area (Å²) >= 11 is 0. The summed E-state index contributed by atoms with van der Waals surface area (Å²) in [5.74, 6) is -1.15. The first-order chi connectivity index (χ1) is 10.3. The Kier molecular flexibility index (Phi) is 6.64. The molecule has 1 saturated carbocycles. The van der Waals surface area contributed by atoms with Crippen LogP contribution >= 0.6 is 0 Å². The fourth-order valence-electron chi connectivity index (χ4n) is 2.50. The molecular formula is C15H27N3O4. The van der Waals surface area contributed by atoms with Gasteiger partial charge in [-0.25, -0.2) is 4.79 Å². The van der Waals surface area contributed by atoms with E-state index >= 15 is 0 Å². The van der Waals surface area contributed by atoms with E-state index in [-0.39, 0.29) is 30.4 Å². The van der Waals surface area contributed by atoms with E-state index in [1.165, 1.54) is 0 Å². The molecule has 0 aromatic heterocycles. The topological polar surface area (TPSA) is 108 Å². The van der Waals surface area contributed by atoms with E-state index in [9.17, 15) is 14.4 Å². The molecule has 3 amide bonds. The van der Waals surface area contributed by atoms with Crippen LogP contribution in [0.2, 0.25) is 0 Å². The minimum absolute atomic E-state index is 0.00294. The number of carbonyl (C=O) groups excluding carboxylic acids is 2. The fraction of sp³-hybridized carbons (Fsp3) is 0.800. The van der Waals surface area contributed by atoms with E-state index in [4.69, 9.17) is 5.11 Å². The Hall–Kier alpha value is -1.79. The lowest BCUT2D eigenvalue weighted by atomic mass is 9.86. The average Bonchev–Trinajstić information content (AvgIpc) is 2.46. The van der Waals surface area contributed by atoms with Crippen molar-refractivity contribution in [3.8, 4) is 0 Å². The average molecular weight is 313 g/mol. The molecule has 1 fully saturated rings. The SMILES string of the molecule is CCNC(=O)C(C)(C)CNC(=O)NC1CCC(C(=O)O)CC1. The van der Waals surface area contributed by atoms with E-state index in [2.05, 4.69) is 16.0 Å². The number of amides is 3. The maximum Gasteiger partial charge on any atom is 0.315 e. The van der Waals surface area contributed by atoms with E-state index in [1.54, 1.807) is 13.8 Å². The number of nitrogens with one attached hydrogen (secondary N) is 3. The van der Waals surface area contributed by atoms with Crippen LogP contribution in [0.1, 0.15) is 46.5 Å². The Morgan fingerprint density at radius 2 is 1.68 bits per heavy atom. The van der Waals surface area contributed by atoms with Gasteiger partial charge in [-0.2, -0.15) is 0 Å². The molecule has 22 heavy (non-hydrogen) atoms. The molecule has 0 bridgehead atoms. The molecule has 0 aromatic rings. The lowest BCUT2D eigenvalue weighted by Crippen LogP contribution is -2.49. The van der Waals surface area contributed by atoms with Crippen LogP contribution in [0, 0.1) is 11.3 Å². The van der Waals surface area contributed by atoms with Crippen LogP contribution in [0.25, 0.3) is 0 Å². The summed E-state index contributed by atoms with van der Waals surface area (Å²) in [6.45, 7) is 6.20. The van der Waals surface area contributed by atoms with Crippen molar-refractivity contribution < 1.29 is 19.5 Å². The van der Waals surface area contributed by atoms with Crippen LogP contribution in [0.15, 0.2) is 0 Å². The third kappa shape index (κ3) is 5.54. The number of hydrogen-bond donors (Lipinski definition) is 4. The number of hydrogen-bond acceptors (Lipinski definition) is 3. The summed E-state index contributed by atoms with van der Waals surface area (Å²) in [4.78, 5) is 34.6. The second kappa shape index (κ2) is 8.00. The van der Waals surface area contributed by atoms with E-state index in [0.717, 1.165) is 0 Å². The molecule has 0 aliphatic heterocycles. The lowest BCUT2D eigenvalue weighted by Gasteiger charge is -2.28. The molecular weight excluding hydrogens is 286 g/mol. The van der Waals surface area contributed by atoms with Crippen molar-refractivity contribution >= 4 is 17.9 Å². The smallest absolute Gasteiger partial charge is 0.315 e. The quantitative estimate of drug-likeness (QED) is 0.588. The first kappa shape index (κ1) is 18.3. The van der Waals surface area contributed by atoms with Crippen molar-refractivity contribution in [2.24, 2.45) is 11.3 Å². The molecule has 0 saturated heterocycles. The molecule has 7 heteroatoms. The second-order valence-electron chi connectivity index (χ2n) is 6.46. The highest BCUT2D eigenvalue weighted by molar-refractivity contribution is 5.83. The van der Waals surface area contributed by atoms with E-state index < -0.39 is 11.4 Å². The van der Waals surface area contributed by atoms with Crippen molar-refractivity contribution in [3.05, 3.63) is 0 Å². The second-order valence-corrected chi connectivity index (χ2v) is 6.46. The van der Waals surface area contributed by atoms with Gasteiger partial charge in [0, 0.05) is 19.1 Å². The van der Waals surface area contributed by atoms with Gasteiger partial charge in [0.05, 0.1) is 11.3 Å². The molecule has 1 rings (SSSR count).